The first kappa shape index (κ1) is 20.7. The van der Waals surface area contributed by atoms with Crippen LogP contribution < -0.4 is 18.9 Å². The number of rotatable bonds is 8. The van der Waals surface area contributed by atoms with E-state index in [9.17, 15) is 13.6 Å². The third-order valence-electron chi connectivity index (χ3n) is 3.40. The molecule has 2 aromatic carbocycles. The van der Waals surface area contributed by atoms with E-state index in [4.69, 9.17) is 19.5 Å². The van der Waals surface area contributed by atoms with Crippen LogP contribution in [0.4, 0.5) is 8.78 Å². The Balaban J connectivity index is 2.13. The van der Waals surface area contributed by atoms with Crippen molar-refractivity contribution in [1.82, 2.24) is 0 Å². The molecular formula is C20H17F2NO5. The van der Waals surface area contributed by atoms with Crippen molar-refractivity contribution in [3.05, 3.63) is 53.6 Å². The van der Waals surface area contributed by atoms with Crippen LogP contribution in [-0.2, 0) is 4.79 Å². The van der Waals surface area contributed by atoms with Gasteiger partial charge in [0.1, 0.15) is 0 Å². The summed E-state index contributed by atoms with van der Waals surface area (Å²) in [4.78, 5) is 12.0. The first-order valence-corrected chi connectivity index (χ1v) is 8.16. The van der Waals surface area contributed by atoms with Crippen molar-refractivity contribution in [1.29, 1.82) is 5.26 Å². The van der Waals surface area contributed by atoms with Gasteiger partial charge in [0.05, 0.1) is 25.3 Å². The normalized spacial score (nSPS) is 10.6. The number of halogens is 2. The fraction of sp³-hybridized carbons (Fsp3) is 0.200. The van der Waals surface area contributed by atoms with E-state index in [0.717, 1.165) is 6.08 Å². The summed E-state index contributed by atoms with van der Waals surface area (Å²) in [5.74, 6) is -0.250. The molecule has 0 aliphatic heterocycles. The van der Waals surface area contributed by atoms with E-state index in [1.54, 1.807) is 6.92 Å². The zero-order valence-corrected chi connectivity index (χ0v) is 15.1. The molecule has 0 atom stereocenters. The molecule has 2 rings (SSSR count). The quantitative estimate of drug-likeness (QED) is 0.383. The summed E-state index contributed by atoms with van der Waals surface area (Å²) in [7, 11) is 1.39. The van der Waals surface area contributed by atoms with Crippen LogP contribution in [0.25, 0.3) is 6.08 Å². The fourth-order valence-corrected chi connectivity index (χ4v) is 2.22. The minimum atomic E-state index is -2.97. The lowest BCUT2D eigenvalue weighted by molar-refractivity contribution is -0.129. The summed E-state index contributed by atoms with van der Waals surface area (Å²) in [5.41, 5.74) is 0.885. The molecule has 6 nitrogen and oxygen atoms in total. The Morgan fingerprint density at radius 3 is 2.54 bits per heavy atom. The monoisotopic (exact) mass is 389 g/mol. The molecule has 0 aliphatic rings. The van der Waals surface area contributed by atoms with Crippen LogP contribution in [0.1, 0.15) is 18.1 Å². The molecule has 2 aromatic rings. The van der Waals surface area contributed by atoms with Gasteiger partial charge in [-0.2, -0.15) is 14.0 Å². The van der Waals surface area contributed by atoms with E-state index in [-0.39, 0.29) is 29.6 Å². The van der Waals surface area contributed by atoms with Crippen LogP contribution in [0.5, 0.6) is 23.0 Å². The van der Waals surface area contributed by atoms with E-state index in [1.807, 2.05) is 6.07 Å². The average Bonchev–Trinajstić information content (AvgIpc) is 2.68. The lowest BCUT2D eigenvalue weighted by atomic mass is 10.2. The third-order valence-corrected chi connectivity index (χ3v) is 3.40. The first-order valence-electron chi connectivity index (χ1n) is 8.16. The molecule has 0 aromatic heterocycles. The van der Waals surface area contributed by atoms with Crippen molar-refractivity contribution in [3.8, 4) is 29.1 Å². The number of hydrogen-bond donors (Lipinski definition) is 0. The predicted molar refractivity (Wildman–Crippen MR) is 96.6 cm³/mol. The molecule has 28 heavy (non-hydrogen) atoms. The van der Waals surface area contributed by atoms with Crippen LogP contribution in [0, 0.1) is 11.3 Å². The van der Waals surface area contributed by atoms with E-state index >= 15 is 0 Å². The molecule has 0 unspecified atom stereocenters. The van der Waals surface area contributed by atoms with Gasteiger partial charge in [0, 0.05) is 12.1 Å². The second-order valence-corrected chi connectivity index (χ2v) is 5.25. The number of esters is 1. The maximum absolute atomic E-state index is 12.4. The second kappa shape index (κ2) is 9.92. The van der Waals surface area contributed by atoms with E-state index in [0.29, 0.717) is 11.1 Å². The maximum Gasteiger partial charge on any atom is 0.387 e. The van der Waals surface area contributed by atoms with Crippen molar-refractivity contribution >= 4 is 12.0 Å². The second-order valence-electron chi connectivity index (χ2n) is 5.25. The number of hydrogen-bond acceptors (Lipinski definition) is 6. The number of nitriles is 1. The van der Waals surface area contributed by atoms with Crippen molar-refractivity contribution in [2.24, 2.45) is 0 Å². The fourth-order valence-electron chi connectivity index (χ4n) is 2.22. The highest BCUT2D eigenvalue weighted by atomic mass is 19.3. The first-order chi connectivity index (χ1) is 13.5. The molecule has 0 heterocycles. The Labute approximate surface area is 160 Å². The number of alkyl halides is 2. The van der Waals surface area contributed by atoms with Gasteiger partial charge in [-0.15, -0.1) is 0 Å². The molecule has 0 radical (unpaired) electrons. The highest BCUT2D eigenvalue weighted by Crippen LogP contribution is 2.31. The highest BCUT2D eigenvalue weighted by molar-refractivity contribution is 5.89. The van der Waals surface area contributed by atoms with E-state index < -0.39 is 12.6 Å². The lowest BCUT2D eigenvalue weighted by Gasteiger charge is -2.11. The zero-order valence-electron chi connectivity index (χ0n) is 15.1. The van der Waals surface area contributed by atoms with E-state index in [1.165, 1.54) is 49.6 Å². The van der Waals surface area contributed by atoms with Gasteiger partial charge < -0.3 is 18.9 Å². The predicted octanol–water partition coefficient (Wildman–Crippen LogP) is 4.19. The van der Waals surface area contributed by atoms with Gasteiger partial charge >= 0.3 is 12.6 Å². The number of carbonyl (C=O) groups excluding carboxylic acids is 1. The summed E-state index contributed by atoms with van der Waals surface area (Å²) in [6, 6.07) is 10.6. The van der Waals surface area contributed by atoms with Crippen LogP contribution >= 0.6 is 0 Å². The zero-order chi connectivity index (χ0) is 20.5. The van der Waals surface area contributed by atoms with Gasteiger partial charge in [-0.1, -0.05) is 6.07 Å². The lowest BCUT2D eigenvalue weighted by Crippen LogP contribution is -2.05. The molecular weight excluding hydrogens is 372 g/mol. The molecule has 0 N–H and O–H groups in total. The van der Waals surface area contributed by atoms with E-state index in [2.05, 4.69) is 4.74 Å². The van der Waals surface area contributed by atoms with Gasteiger partial charge in [-0.25, -0.2) is 4.79 Å². The van der Waals surface area contributed by atoms with Crippen LogP contribution in [-0.4, -0.2) is 26.3 Å². The molecule has 146 valence electrons. The van der Waals surface area contributed by atoms with Crippen molar-refractivity contribution in [2.45, 2.75) is 13.5 Å². The minimum Gasteiger partial charge on any atom is -0.493 e. The van der Waals surface area contributed by atoms with Crippen LogP contribution in [0.3, 0.4) is 0 Å². The van der Waals surface area contributed by atoms with Gasteiger partial charge in [0.15, 0.2) is 23.0 Å². The number of benzene rings is 2. The Bertz CT molecular complexity index is 906. The van der Waals surface area contributed by atoms with Crippen LogP contribution in [0.2, 0.25) is 0 Å². The van der Waals surface area contributed by atoms with Gasteiger partial charge in [0.25, 0.3) is 0 Å². The SMILES string of the molecule is CCOc1cc(/C=C/C(=O)Oc2ccc(C#N)cc2OC)ccc1OC(F)F. The molecule has 0 spiro atoms. The summed E-state index contributed by atoms with van der Waals surface area (Å²) < 4.78 is 44.8. The highest BCUT2D eigenvalue weighted by Gasteiger charge is 2.12. The Morgan fingerprint density at radius 1 is 1.14 bits per heavy atom. The Hall–Kier alpha value is -3.60. The Kier molecular flexibility index (Phi) is 7.34. The number of nitrogens with zero attached hydrogens (tertiary/aromatic N) is 1. The van der Waals surface area contributed by atoms with Crippen molar-refractivity contribution in [2.75, 3.05) is 13.7 Å². The summed E-state index contributed by atoms with van der Waals surface area (Å²) in [6.45, 7) is -1.01. The van der Waals surface area contributed by atoms with Gasteiger partial charge in [-0.05, 0) is 42.8 Å². The largest absolute Gasteiger partial charge is 0.493 e. The smallest absolute Gasteiger partial charge is 0.387 e. The third kappa shape index (κ3) is 5.71. The average molecular weight is 389 g/mol. The summed E-state index contributed by atoms with van der Waals surface area (Å²) >= 11 is 0. The standard InChI is InChI=1S/C20H17F2NO5/c1-3-26-18-10-13(4-7-16(18)28-20(21)22)6-9-19(24)27-15-8-5-14(12-23)11-17(15)25-2/h4-11,20H,3H2,1-2H3/b9-6+. The van der Waals surface area contributed by atoms with Crippen molar-refractivity contribution < 1.29 is 32.5 Å². The topological polar surface area (TPSA) is 77.8 Å². The molecule has 8 heteroatoms. The van der Waals surface area contributed by atoms with Crippen molar-refractivity contribution in [3.63, 3.8) is 0 Å². The summed E-state index contributed by atoms with van der Waals surface area (Å²) in [5, 5.41) is 8.88. The maximum atomic E-state index is 12.4. The van der Waals surface area contributed by atoms with Gasteiger partial charge in [0.2, 0.25) is 0 Å². The molecule has 0 amide bonds. The molecule has 0 saturated heterocycles. The number of methoxy groups -OCH3 is 1. The minimum absolute atomic E-state index is 0.0982. The molecule has 0 fully saturated rings. The van der Waals surface area contributed by atoms with Gasteiger partial charge in [-0.3, -0.25) is 0 Å². The number of ether oxygens (including phenoxy) is 4. The Morgan fingerprint density at radius 2 is 1.89 bits per heavy atom. The number of carbonyl (C=O) groups is 1. The van der Waals surface area contributed by atoms with Crippen LogP contribution in [0.15, 0.2) is 42.5 Å². The molecule has 0 bridgehead atoms. The molecule has 0 aliphatic carbocycles. The summed E-state index contributed by atoms with van der Waals surface area (Å²) in [6.07, 6.45) is 2.60. The molecule has 0 saturated carbocycles.